The molecule has 3 aromatic rings. The molecule has 0 bridgehead atoms. The molecule has 0 amide bonds. The molecule has 0 atom stereocenters. The summed E-state index contributed by atoms with van der Waals surface area (Å²) in [7, 11) is -4.33. The van der Waals surface area contributed by atoms with E-state index in [0.29, 0.717) is 5.69 Å². The number of H-pyrrole nitrogens is 1. The summed E-state index contributed by atoms with van der Waals surface area (Å²) in [6.07, 6.45) is 1.27. The molecule has 0 fully saturated rings. The lowest BCUT2D eigenvalue weighted by atomic mass is 10.2. The standard InChI is InChI=1S/C12H10NO4P/c14-18(15,16)11-5-6-17-12(11)10-7-8-3-1-2-4-9(8)13-10/h1-7,13H,(H2,14,15,16). The number of nitrogens with one attached hydrogen (secondary N) is 1. The molecular weight excluding hydrogens is 253 g/mol. The molecule has 3 N–H and O–H groups in total. The molecule has 92 valence electrons. The molecule has 2 heterocycles. The van der Waals surface area contributed by atoms with Crippen LogP contribution in [0.25, 0.3) is 22.4 Å². The minimum absolute atomic E-state index is 0.103. The molecule has 0 radical (unpaired) electrons. The summed E-state index contributed by atoms with van der Waals surface area (Å²) in [6, 6.07) is 10.7. The molecule has 1 aromatic carbocycles. The molecule has 18 heavy (non-hydrogen) atoms. The highest BCUT2D eigenvalue weighted by Gasteiger charge is 2.25. The number of benzene rings is 1. The van der Waals surface area contributed by atoms with Gasteiger partial charge >= 0.3 is 7.60 Å². The first-order valence-electron chi connectivity index (χ1n) is 5.27. The third kappa shape index (κ3) is 1.78. The fourth-order valence-corrected chi connectivity index (χ4v) is 2.62. The highest BCUT2D eigenvalue weighted by molar-refractivity contribution is 7.60. The minimum atomic E-state index is -4.33. The molecule has 0 saturated carbocycles. The fourth-order valence-electron chi connectivity index (χ4n) is 1.93. The largest absolute Gasteiger partial charge is 0.462 e. The van der Waals surface area contributed by atoms with Crippen molar-refractivity contribution in [3.63, 3.8) is 0 Å². The molecule has 0 saturated heterocycles. The monoisotopic (exact) mass is 263 g/mol. The van der Waals surface area contributed by atoms with Crippen LogP contribution < -0.4 is 5.30 Å². The smallest absolute Gasteiger partial charge is 0.360 e. The van der Waals surface area contributed by atoms with Gasteiger partial charge in [0.2, 0.25) is 0 Å². The van der Waals surface area contributed by atoms with Gasteiger partial charge in [-0.3, -0.25) is 4.57 Å². The Hall–Kier alpha value is -1.81. The molecule has 0 aliphatic rings. The van der Waals surface area contributed by atoms with Gasteiger partial charge < -0.3 is 19.2 Å². The second-order valence-electron chi connectivity index (χ2n) is 3.95. The van der Waals surface area contributed by atoms with Gasteiger partial charge in [-0.15, -0.1) is 0 Å². The van der Waals surface area contributed by atoms with Crippen molar-refractivity contribution in [3.05, 3.63) is 42.7 Å². The van der Waals surface area contributed by atoms with Crippen LogP contribution in [0.5, 0.6) is 0 Å². The van der Waals surface area contributed by atoms with E-state index < -0.39 is 7.60 Å². The summed E-state index contributed by atoms with van der Waals surface area (Å²) in [6.45, 7) is 0. The lowest BCUT2D eigenvalue weighted by Crippen LogP contribution is -2.03. The summed E-state index contributed by atoms with van der Waals surface area (Å²) in [5.74, 6) is 0.180. The Kier molecular flexibility index (Phi) is 2.41. The number of rotatable bonds is 2. The summed E-state index contributed by atoms with van der Waals surface area (Å²) in [4.78, 5) is 21.5. The number of hydrogen-bond donors (Lipinski definition) is 3. The number of aromatic nitrogens is 1. The van der Waals surface area contributed by atoms with Crippen molar-refractivity contribution >= 4 is 23.8 Å². The van der Waals surface area contributed by atoms with Crippen LogP contribution in [0.4, 0.5) is 0 Å². The molecule has 6 heteroatoms. The maximum atomic E-state index is 11.3. The van der Waals surface area contributed by atoms with E-state index in [2.05, 4.69) is 4.98 Å². The first-order chi connectivity index (χ1) is 8.55. The maximum absolute atomic E-state index is 11.3. The van der Waals surface area contributed by atoms with Crippen LogP contribution in [0.1, 0.15) is 0 Å². The Morgan fingerprint density at radius 2 is 1.94 bits per heavy atom. The van der Waals surface area contributed by atoms with Crippen molar-refractivity contribution in [3.8, 4) is 11.5 Å². The van der Waals surface area contributed by atoms with Gasteiger partial charge in [0, 0.05) is 10.9 Å². The predicted octanol–water partition coefficient (Wildman–Crippen LogP) is 2.23. The highest BCUT2D eigenvalue weighted by Crippen LogP contribution is 2.38. The van der Waals surface area contributed by atoms with E-state index in [-0.39, 0.29) is 11.1 Å². The molecular formula is C12H10NO4P. The summed E-state index contributed by atoms with van der Waals surface area (Å²) >= 11 is 0. The third-order valence-electron chi connectivity index (χ3n) is 2.73. The molecule has 0 spiro atoms. The predicted molar refractivity (Wildman–Crippen MR) is 67.7 cm³/mol. The lowest BCUT2D eigenvalue weighted by Gasteiger charge is -2.02. The topological polar surface area (TPSA) is 86.5 Å². The van der Waals surface area contributed by atoms with E-state index in [1.54, 1.807) is 6.07 Å². The Morgan fingerprint density at radius 3 is 2.67 bits per heavy atom. The van der Waals surface area contributed by atoms with Crippen molar-refractivity contribution < 1.29 is 18.8 Å². The normalized spacial score (nSPS) is 12.1. The van der Waals surface area contributed by atoms with Gasteiger partial charge in [0.15, 0.2) is 5.76 Å². The van der Waals surface area contributed by atoms with Crippen molar-refractivity contribution in [1.82, 2.24) is 4.98 Å². The van der Waals surface area contributed by atoms with Crippen LogP contribution >= 0.6 is 7.60 Å². The van der Waals surface area contributed by atoms with Gasteiger partial charge in [0.05, 0.1) is 12.0 Å². The quantitative estimate of drug-likeness (QED) is 0.619. The summed E-state index contributed by atoms with van der Waals surface area (Å²) in [5, 5.41) is 0.856. The Labute approximate surface area is 102 Å². The van der Waals surface area contributed by atoms with Gasteiger partial charge in [0.1, 0.15) is 5.30 Å². The zero-order chi connectivity index (χ0) is 12.8. The number of furan rings is 1. The van der Waals surface area contributed by atoms with Crippen molar-refractivity contribution in [2.45, 2.75) is 0 Å². The average Bonchev–Trinajstić information content (AvgIpc) is 2.94. The zero-order valence-electron chi connectivity index (χ0n) is 9.20. The number of hydrogen-bond acceptors (Lipinski definition) is 2. The average molecular weight is 263 g/mol. The Bertz CT molecular complexity index is 719. The number of fused-ring (bicyclic) bond motifs is 1. The first kappa shape index (κ1) is 11.3. The van der Waals surface area contributed by atoms with Gasteiger partial charge in [-0.25, -0.2) is 0 Å². The van der Waals surface area contributed by atoms with Crippen molar-refractivity contribution in [1.29, 1.82) is 0 Å². The van der Waals surface area contributed by atoms with Crippen molar-refractivity contribution in [2.75, 3.05) is 0 Å². The van der Waals surface area contributed by atoms with Crippen LogP contribution in [0.2, 0.25) is 0 Å². The number of para-hydroxylation sites is 1. The summed E-state index contributed by atoms with van der Waals surface area (Å²) in [5.41, 5.74) is 1.44. The zero-order valence-corrected chi connectivity index (χ0v) is 10.1. The molecule has 0 aliphatic carbocycles. The van der Waals surface area contributed by atoms with Crippen LogP contribution in [-0.4, -0.2) is 14.8 Å². The number of aromatic amines is 1. The van der Waals surface area contributed by atoms with Crippen LogP contribution in [0.3, 0.4) is 0 Å². The van der Waals surface area contributed by atoms with E-state index in [1.807, 2.05) is 24.3 Å². The molecule has 0 aliphatic heterocycles. The van der Waals surface area contributed by atoms with E-state index in [1.165, 1.54) is 12.3 Å². The van der Waals surface area contributed by atoms with Gasteiger partial charge in [-0.1, -0.05) is 18.2 Å². The minimum Gasteiger partial charge on any atom is -0.462 e. The highest BCUT2D eigenvalue weighted by atomic mass is 31.2. The van der Waals surface area contributed by atoms with Crippen LogP contribution in [-0.2, 0) is 4.57 Å². The molecule has 2 aromatic heterocycles. The first-order valence-corrected chi connectivity index (χ1v) is 6.89. The van der Waals surface area contributed by atoms with E-state index >= 15 is 0 Å². The molecule has 3 rings (SSSR count). The molecule has 0 unspecified atom stereocenters. The lowest BCUT2D eigenvalue weighted by molar-refractivity contribution is 0.387. The van der Waals surface area contributed by atoms with Crippen LogP contribution in [0, 0.1) is 0 Å². The SMILES string of the molecule is O=P(O)(O)c1ccoc1-c1cc2ccccc2[nH]1. The van der Waals surface area contributed by atoms with Crippen molar-refractivity contribution in [2.24, 2.45) is 0 Å². The Morgan fingerprint density at radius 1 is 1.17 bits per heavy atom. The third-order valence-corrected chi connectivity index (χ3v) is 3.71. The van der Waals surface area contributed by atoms with Gasteiger partial charge in [-0.2, -0.15) is 0 Å². The van der Waals surface area contributed by atoms with E-state index in [9.17, 15) is 14.4 Å². The van der Waals surface area contributed by atoms with Gasteiger partial charge in [-0.05, 0) is 18.2 Å². The maximum Gasteiger partial charge on any atom is 0.360 e. The Balaban J connectivity index is 2.21. The van der Waals surface area contributed by atoms with E-state index in [4.69, 9.17) is 4.42 Å². The van der Waals surface area contributed by atoms with E-state index in [0.717, 1.165) is 10.9 Å². The summed E-state index contributed by atoms with van der Waals surface area (Å²) < 4.78 is 16.5. The van der Waals surface area contributed by atoms with Gasteiger partial charge in [0.25, 0.3) is 0 Å². The van der Waals surface area contributed by atoms with Crippen LogP contribution in [0.15, 0.2) is 47.1 Å². The molecule has 5 nitrogen and oxygen atoms in total. The second-order valence-corrected chi connectivity index (χ2v) is 5.52. The fraction of sp³-hybridized carbons (Fsp3) is 0. The second kappa shape index (κ2) is 3.85.